The molecule has 0 radical (unpaired) electrons. The van der Waals surface area contributed by atoms with E-state index in [9.17, 15) is 4.79 Å². The molecule has 1 aliphatic heterocycles. The first-order valence-corrected chi connectivity index (χ1v) is 8.07. The Kier molecular flexibility index (Phi) is 6.10. The van der Waals surface area contributed by atoms with Crippen LogP contribution in [0.1, 0.15) is 45.4 Å². The number of urea groups is 1. The molecule has 2 unspecified atom stereocenters. The number of carbonyl (C=O) groups excluding carboxylic acids is 1. The van der Waals surface area contributed by atoms with Crippen molar-refractivity contribution in [2.24, 2.45) is 5.92 Å². The standard InChI is InChI=1S/C15H29N3O2/c1-12(7-9-19)16-15(20)17-14-6-8-18(11-14)10-13-4-2-3-5-13/h12-14,19H,2-11H2,1H3,(H2,16,17,20). The number of aliphatic hydroxyl groups is 1. The maximum absolute atomic E-state index is 11.8. The summed E-state index contributed by atoms with van der Waals surface area (Å²) in [4.78, 5) is 14.3. The molecule has 1 saturated heterocycles. The number of carbonyl (C=O) groups is 1. The van der Waals surface area contributed by atoms with Gasteiger partial charge in [-0.05, 0) is 38.5 Å². The second-order valence-electron chi connectivity index (χ2n) is 6.43. The molecule has 0 bridgehead atoms. The molecule has 20 heavy (non-hydrogen) atoms. The van der Waals surface area contributed by atoms with Gasteiger partial charge in [-0.25, -0.2) is 4.79 Å². The molecular formula is C15H29N3O2. The molecule has 2 amide bonds. The highest BCUT2D eigenvalue weighted by molar-refractivity contribution is 5.74. The Balaban J connectivity index is 1.63. The SMILES string of the molecule is CC(CCO)NC(=O)NC1CCN(CC2CCCC2)C1. The number of nitrogens with one attached hydrogen (secondary N) is 2. The van der Waals surface area contributed by atoms with Gasteiger partial charge in [0.25, 0.3) is 0 Å². The Morgan fingerprint density at radius 1 is 1.35 bits per heavy atom. The van der Waals surface area contributed by atoms with Gasteiger partial charge in [-0.1, -0.05) is 12.8 Å². The molecule has 0 aromatic heterocycles. The van der Waals surface area contributed by atoms with Crippen molar-refractivity contribution in [2.75, 3.05) is 26.2 Å². The first kappa shape index (κ1) is 15.6. The maximum Gasteiger partial charge on any atom is 0.315 e. The van der Waals surface area contributed by atoms with Gasteiger partial charge in [0.15, 0.2) is 0 Å². The van der Waals surface area contributed by atoms with E-state index in [1.807, 2.05) is 6.92 Å². The molecule has 1 heterocycles. The van der Waals surface area contributed by atoms with Gasteiger partial charge in [-0.15, -0.1) is 0 Å². The van der Waals surface area contributed by atoms with E-state index < -0.39 is 0 Å². The largest absolute Gasteiger partial charge is 0.396 e. The fraction of sp³-hybridized carbons (Fsp3) is 0.933. The number of amides is 2. The Hall–Kier alpha value is -0.810. The summed E-state index contributed by atoms with van der Waals surface area (Å²) < 4.78 is 0. The van der Waals surface area contributed by atoms with Crippen molar-refractivity contribution < 1.29 is 9.90 Å². The highest BCUT2D eigenvalue weighted by atomic mass is 16.3. The molecule has 0 aromatic carbocycles. The third kappa shape index (κ3) is 4.94. The lowest BCUT2D eigenvalue weighted by atomic mass is 10.1. The van der Waals surface area contributed by atoms with E-state index in [0.29, 0.717) is 6.42 Å². The van der Waals surface area contributed by atoms with Crippen LogP contribution < -0.4 is 10.6 Å². The number of hydrogen-bond acceptors (Lipinski definition) is 3. The summed E-state index contributed by atoms with van der Waals surface area (Å²) in [5, 5.41) is 14.7. The van der Waals surface area contributed by atoms with E-state index >= 15 is 0 Å². The summed E-state index contributed by atoms with van der Waals surface area (Å²) in [6.45, 7) is 5.32. The zero-order valence-electron chi connectivity index (χ0n) is 12.6. The van der Waals surface area contributed by atoms with Gasteiger partial charge in [-0.3, -0.25) is 0 Å². The minimum absolute atomic E-state index is 0.0241. The lowest BCUT2D eigenvalue weighted by molar-refractivity contribution is 0.226. The predicted octanol–water partition coefficient (Wildman–Crippen LogP) is 1.32. The summed E-state index contributed by atoms with van der Waals surface area (Å²) in [5.74, 6) is 0.882. The van der Waals surface area contributed by atoms with E-state index in [1.165, 1.54) is 32.2 Å². The molecule has 0 aromatic rings. The van der Waals surface area contributed by atoms with Crippen LogP contribution in [0.4, 0.5) is 4.79 Å². The van der Waals surface area contributed by atoms with Crippen molar-refractivity contribution in [1.82, 2.24) is 15.5 Å². The van der Waals surface area contributed by atoms with Crippen LogP contribution in [-0.4, -0.2) is 54.4 Å². The number of nitrogens with zero attached hydrogens (tertiary/aromatic N) is 1. The van der Waals surface area contributed by atoms with Gasteiger partial charge in [0.05, 0.1) is 0 Å². The molecule has 3 N–H and O–H groups in total. The van der Waals surface area contributed by atoms with Crippen molar-refractivity contribution in [3.8, 4) is 0 Å². The van der Waals surface area contributed by atoms with Gasteiger partial charge in [0.2, 0.25) is 0 Å². The average Bonchev–Trinajstić information content (AvgIpc) is 3.02. The minimum Gasteiger partial charge on any atom is -0.396 e. The number of likely N-dealkylation sites (tertiary alicyclic amines) is 1. The third-order valence-corrected chi connectivity index (χ3v) is 4.54. The van der Waals surface area contributed by atoms with Crippen molar-refractivity contribution >= 4 is 6.03 Å². The summed E-state index contributed by atoms with van der Waals surface area (Å²) in [7, 11) is 0. The van der Waals surface area contributed by atoms with E-state index in [-0.39, 0.29) is 24.7 Å². The summed E-state index contributed by atoms with van der Waals surface area (Å²) >= 11 is 0. The second kappa shape index (κ2) is 7.84. The lowest BCUT2D eigenvalue weighted by Gasteiger charge is -2.21. The van der Waals surface area contributed by atoms with Crippen LogP contribution in [0.5, 0.6) is 0 Å². The fourth-order valence-corrected chi connectivity index (χ4v) is 3.39. The Morgan fingerprint density at radius 3 is 2.80 bits per heavy atom. The molecule has 2 atom stereocenters. The minimum atomic E-state index is -0.0985. The second-order valence-corrected chi connectivity index (χ2v) is 6.43. The quantitative estimate of drug-likeness (QED) is 0.689. The smallest absolute Gasteiger partial charge is 0.315 e. The zero-order valence-corrected chi connectivity index (χ0v) is 12.6. The molecule has 2 aliphatic rings. The number of aliphatic hydroxyl groups excluding tert-OH is 1. The van der Waals surface area contributed by atoms with Crippen LogP contribution in [0.25, 0.3) is 0 Å². The Morgan fingerprint density at radius 2 is 2.10 bits per heavy atom. The number of hydrogen-bond donors (Lipinski definition) is 3. The first-order chi connectivity index (χ1) is 9.67. The monoisotopic (exact) mass is 283 g/mol. The van der Waals surface area contributed by atoms with Gasteiger partial charge in [0, 0.05) is 38.3 Å². The third-order valence-electron chi connectivity index (χ3n) is 4.54. The lowest BCUT2D eigenvalue weighted by Crippen LogP contribution is -2.46. The molecule has 1 aliphatic carbocycles. The average molecular weight is 283 g/mol. The van der Waals surface area contributed by atoms with Crippen molar-refractivity contribution in [3.63, 3.8) is 0 Å². The van der Waals surface area contributed by atoms with Gasteiger partial charge in [0.1, 0.15) is 0 Å². The van der Waals surface area contributed by atoms with Crippen LogP contribution >= 0.6 is 0 Å². The molecular weight excluding hydrogens is 254 g/mol. The van der Waals surface area contributed by atoms with Crippen LogP contribution in [-0.2, 0) is 0 Å². The molecule has 0 spiro atoms. The highest BCUT2D eigenvalue weighted by Crippen LogP contribution is 2.26. The topological polar surface area (TPSA) is 64.6 Å². The molecule has 5 heteroatoms. The van der Waals surface area contributed by atoms with Crippen LogP contribution in [0.3, 0.4) is 0 Å². The van der Waals surface area contributed by atoms with Crippen LogP contribution in [0.2, 0.25) is 0 Å². The van der Waals surface area contributed by atoms with E-state index in [4.69, 9.17) is 5.11 Å². The van der Waals surface area contributed by atoms with E-state index in [2.05, 4.69) is 15.5 Å². The normalized spacial score (nSPS) is 25.8. The van der Waals surface area contributed by atoms with Gasteiger partial charge < -0.3 is 20.6 Å². The predicted molar refractivity (Wildman–Crippen MR) is 79.6 cm³/mol. The van der Waals surface area contributed by atoms with Crippen LogP contribution in [0, 0.1) is 5.92 Å². The zero-order chi connectivity index (χ0) is 14.4. The summed E-state index contributed by atoms with van der Waals surface area (Å²) in [6.07, 6.45) is 7.21. The maximum atomic E-state index is 11.8. The fourth-order valence-electron chi connectivity index (χ4n) is 3.39. The molecule has 116 valence electrons. The molecule has 2 fully saturated rings. The first-order valence-electron chi connectivity index (χ1n) is 8.07. The molecule has 2 rings (SSSR count). The van der Waals surface area contributed by atoms with Crippen molar-refractivity contribution in [3.05, 3.63) is 0 Å². The van der Waals surface area contributed by atoms with E-state index in [1.54, 1.807) is 0 Å². The van der Waals surface area contributed by atoms with Gasteiger partial charge in [-0.2, -0.15) is 0 Å². The van der Waals surface area contributed by atoms with E-state index in [0.717, 1.165) is 25.4 Å². The van der Waals surface area contributed by atoms with Gasteiger partial charge >= 0.3 is 6.03 Å². The summed E-state index contributed by atoms with van der Waals surface area (Å²) in [5.41, 5.74) is 0. The Bertz CT molecular complexity index is 305. The summed E-state index contributed by atoms with van der Waals surface area (Å²) in [6, 6.07) is 0.201. The molecule has 1 saturated carbocycles. The molecule has 5 nitrogen and oxygen atoms in total. The highest BCUT2D eigenvalue weighted by Gasteiger charge is 2.27. The van der Waals surface area contributed by atoms with Crippen molar-refractivity contribution in [1.29, 1.82) is 0 Å². The Labute approximate surface area is 122 Å². The number of rotatable bonds is 6. The van der Waals surface area contributed by atoms with Crippen molar-refractivity contribution in [2.45, 2.75) is 57.5 Å². The van der Waals surface area contributed by atoms with Crippen LogP contribution in [0.15, 0.2) is 0 Å².